The highest BCUT2D eigenvalue weighted by atomic mass is 32.2. The first-order chi connectivity index (χ1) is 14.8. The molecule has 6 nitrogen and oxygen atoms in total. The van der Waals surface area contributed by atoms with Gasteiger partial charge >= 0.3 is 0 Å². The Kier molecular flexibility index (Phi) is 5.75. The largest absolute Gasteiger partial charge is 0.484 e. The van der Waals surface area contributed by atoms with Crippen molar-refractivity contribution < 1.29 is 17.9 Å². The van der Waals surface area contributed by atoms with E-state index in [9.17, 15) is 13.2 Å². The van der Waals surface area contributed by atoms with Crippen LogP contribution >= 0.6 is 11.3 Å². The average Bonchev–Trinajstić information content (AvgIpc) is 3.08. The Labute approximate surface area is 183 Å². The maximum absolute atomic E-state index is 12.5. The first kappa shape index (κ1) is 21.0. The van der Waals surface area contributed by atoms with Gasteiger partial charge in [-0.15, -0.1) is 6.58 Å². The molecule has 3 aromatic carbocycles. The van der Waals surface area contributed by atoms with Crippen LogP contribution in [0.4, 0.5) is 0 Å². The number of fused-ring (bicyclic) bond motifs is 2. The summed E-state index contributed by atoms with van der Waals surface area (Å²) in [7, 11) is -3.33. The van der Waals surface area contributed by atoms with Crippen molar-refractivity contribution in [2.75, 3.05) is 12.9 Å². The summed E-state index contributed by atoms with van der Waals surface area (Å²) in [5.41, 5.74) is 0.791. The molecule has 0 aliphatic heterocycles. The number of hydrogen-bond acceptors (Lipinski definition) is 5. The second kappa shape index (κ2) is 8.49. The lowest BCUT2D eigenvalue weighted by Crippen LogP contribution is -2.19. The summed E-state index contributed by atoms with van der Waals surface area (Å²) in [6.45, 7) is 4.00. The Morgan fingerprint density at radius 1 is 1.13 bits per heavy atom. The Hall–Kier alpha value is -3.23. The van der Waals surface area contributed by atoms with Crippen molar-refractivity contribution in [1.82, 2.24) is 4.57 Å². The maximum Gasteiger partial charge on any atom is 0.286 e. The predicted molar refractivity (Wildman–Crippen MR) is 123 cm³/mol. The lowest BCUT2D eigenvalue weighted by Gasteiger charge is -2.05. The molecule has 0 atom stereocenters. The lowest BCUT2D eigenvalue weighted by molar-refractivity contribution is -0.120. The minimum absolute atomic E-state index is 0.199. The van der Waals surface area contributed by atoms with Crippen LogP contribution in [0.25, 0.3) is 21.0 Å². The van der Waals surface area contributed by atoms with E-state index in [4.69, 9.17) is 4.74 Å². The minimum Gasteiger partial charge on any atom is -0.484 e. The summed E-state index contributed by atoms with van der Waals surface area (Å²) in [4.78, 5) is 17.4. The molecule has 0 bridgehead atoms. The van der Waals surface area contributed by atoms with Crippen molar-refractivity contribution in [2.24, 2.45) is 4.99 Å². The molecular formula is C23H20N2O4S2. The van der Waals surface area contributed by atoms with Crippen molar-refractivity contribution in [3.63, 3.8) is 0 Å². The van der Waals surface area contributed by atoms with Crippen molar-refractivity contribution in [1.29, 1.82) is 0 Å². The van der Waals surface area contributed by atoms with E-state index in [1.807, 2.05) is 47.0 Å². The smallest absolute Gasteiger partial charge is 0.286 e. The summed E-state index contributed by atoms with van der Waals surface area (Å²) in [6.07, 6.45) is 2.87. The minimum atomic E-state index is -3.33. The second-order valence-electron chi connectivity index (χ2n) is 6.99. The number of benzene rings is 3. The van der Waals surface area contributed by atoms with Gasteiger partial charge in [0.15, 0.2) is 21.2 Å². The van der Waals surface area contributed by atoms with E-state index >= 15 is 0 Å². The molecule has 0 N–H and O–H groups in total. The zero-order valence-corrected chi connectivity index (χ0v) is 18.4. The fraction of sp³-hybridized carbons (Fsp3) is 0.130. The molecule has 4 aromatic rings. The Morgan fingerprint density at radius 2 is 1.90 bits per heavy atom. The molecule has 0 aliphatic rings. The number of carbonyl (C=O) groups is 1. The van der Waals surface area contributed by atoms with Crippen LogP contribution in [0.1, 0.15) is 0 Å². The van der Waals surface area contributed by atoms with Crippen LogP contribution in [0, 0.1) is 0 Å². The molecule has 0 fully saturated rings. The number of rotatable bonds is 6. The zero-order valence-electron chi connectivity index (χ0n) is 16.8. The molecule has 0 saturated carbocycles. The Morgan fingerprint density at radius 3 is 2.65 bits per heavy atom. The summed E-state index contributed by atoms with van der Waals surface area (Å²) in [6, 6.07) is 18.4. The van der Waals surface area contributed by atoms with E-state index in [0.29, 0.717) is 17.1 Å². The number of amides is 1. The van der Waals surface area contributed by atoms with Gasteiger partial charge in [-0.05, 0) is 41.1 Å². The van der Waals surface area contributed by atoms with Gasteiger partial charge in [0, 0.05) is 12.8 Å². The molecule has 4 rings (SSSR count). The van der Waals surface area contributed by atoms with Gasteiger partial charge in [0.1, 0.15) is 5.75 Å². The third-order valence-corrected chi connectivity index (χ3v) is 6.85. The van der Waals surface area contributed by atoms with Gasteiger partial charge in [0.2, 0.25) is 0 Å². The Bertz CT molecular complexity index is 1480. The highest BCUT2D eigenvalue weighted by Crippen LogP contribution is 2.22. The summed E-state index contributed by atoms with van der Waals surface area (Å²) in [5.74, 6) is 0.163. The van der Waals surface area contributed by atoms with Crippen LogP contribution in [0.5, 0.6) is 5.75 Å². The molecule has 158 valence electrons. The normalized spacial score (nSPS) is 12.4. The SMILES string of the molecule is C=CCn1c(=NC(=O)COc2ccc3ccccc3c2)sc2cc(S(C)(=O)=O)ccc21. The van der Waals surface area contributed by atoms with Gasteiger partial charge in [-0.1, -0.05) is 47.7 Å². The van der Waals surface area contributed by atoms with Crippen LogP contribution < -0.4 is 9.54 Å². The third kappa shape index (κ3) is 4.60. The monoisotopic (exact) mass is 452 g/mol. The first-order valence-corrected chi connectivity index (χ1v) is 12.2. The van der Waals surface area contributed by atoms with Crippen molar-refractivity contribution in [3.8, 4) is 5.75 Å². The van der Waals surface area contributed by atoms with Crippen LogP contribution in [-0.2, 0) is 21.2 Å². The zero-order chi connectivity index (χ0) is 22.0. The van der Waals surface area contributed by atoms with Crippen LogP contribution in [-0.4, -0.2) is 31.8 Å². The topological polar surface area (TPSA) is 77.7 Å². The van der Waals surface area contributed by atoms with E-state index < -0.39 is 15.7 Å². The summed E-state index contributed by atoms with van der Waals surface area (Å²) in [5, 5.41) is 2.12. The number of allylic oxidation sites excluding steroid dienone is 1. The van der Waals surface area contributed by atoms with Crippen molar-refractivity contribution in [3.05, 3.63) is 78.1 Å². The predicted octanol–water partition coefficient (Wildman–Crippen LogP) is 3.95. The van der Waals surface area contributed by atoms with Crippen molar-refractivity contribution in [2.45, 2.75) is 11.4 Å². The Balaban J connectivity index is 1.62. The van der Waals surface area contributed by atoms with Gasteiger partial charge in [0.05, 0.1) is 15.1 Å². The maximum atomic E-state index is 12.5. The third-order valence-electron chi connectivity index (χ3n) is 4.70. The molecule has 0 spiro atoms. The second-order valence-corrected chi connectivity index (χ2v) is 10.0. The number of nitrogens with zero attached hydrogens (tertiary/aromatic N) is 2. The van der Waals surface area contributed by atoms with E-state index in [-0.39, 0.29) is 11.5 Å². The number of thiazole rings is 1. The number of hydrogen-bond donors (Lipinski definition) is 0. The van der Waals surface area contributed by atoms with Gasteiger partial charge in [-0.25, -0.2) is 8.42 Å². The lowest BCUT2D eigenvalue weighted by atomic mass is 10.1. The molecule has 0 saturated heterocycles. The van der Waals surface area contributed by atoms with Gasteiger partial charge in [-0.3, -0.25) is 4.79 Å². The fourth-order valence-electron chi connectivity index (χ4n) is 3.22. The van der Waals surface area contributed by atoms with E-state index in [2.05, 4.69) is 11.6 Å². The molecule has 0 radical (unpaired) electrons. The summed E-state index contributed by atoms with van der Waals surface area (Å²) < 4.78 is 31.9. The molecular weight excluding hydrogens is 432 g/mol. The standard InChI is InChI=1S/C23H20N2O4S2/c1-3-12-25-20-11-10-19(31(2,27)28)14-21(20)30-23(25)24-22(26)15-29-18-9-8-16-6-4-5-7-17(16)13-18/h3-11,13-14H,1,12,15H2,2H3. The molecule has 0 aliphatic carbocycles. The number of sulfone groups is 1. The first-order valence-electron chi connectivity index (χ1n) is 9.49. The van der Waals surface area contributed by atoms with Gasteiger partial charge < -0.3 is 9.30 Å². The quantitative estimate of drug-likeness (QED) is 0.415. The number of aromatic nitrogens is 1. The number of ether oxygens (including phenoxy) is 1. The average molecular weight is 453 g/mol. The van der Waals surface area contributed by atoms with Gasteiger partial charge in [-0.2, -0.15) is 4.99 Å². The molecule has 31 heavy (non-hydrogen) atoms. The fourth-order valence-corrected chi connectivity index (χ4v) is 5.03. The molecule has 0 unspecified atom stereocenters. The highest BCUT2D eigenvalue weighted by Gasteiger charge is 2.12. The highest BCUT2D eigenvalue weighted by molar-refractivity contribution is 7.90. The van der Waals surface area contributed by atoms with E-state index in [0.717, 1.165) is 21.0 Å². The number of carbonyl (C=O) groups excluding carboxylic acids is 1. The van der Waals surface area contributed by atoms with Crippen LogP contribution in [0.3, 0.4) is 0 Å². The van der Waals surface area contributed by atoms with Crippen LogP contribution in [0.15, 0.2) is 83.2 Å². The molecule has 8 heteroatoms. The van der Waals surface area contributed by atoms with E-state index in [1.165, 1.54) is 17.6 Å². The molecule has 1 amide bonds. The van der Waals surface area contributed by atoms with Crippen molar-refractivity contribution >= 4 is 48.1 Å². The summed E-state index contributed by atoms with van der Waals surface area (Å²) >= 11 is 1.25. The molecule has 1 heterocycles. The van der Waals surface area contributed by atoms with Gasteiger partial charge in [0.25, 0.3) is 5.91 Å². The van der Waals surface area contributed by atoms with E-state index in [1.54, 1.807) is 24.3 Å². The molecule has 1 aromatic heterocycles. The van der Waals surface area contributed by atoms with Crippen LogP contribution in [0.2, 0.25) is 0 Å².